The highest BCUT2D eigenvalue weighted by Crippen LogP contribution is 2.24. The summed E-state index contributed by atoms with van der Waals surface area (Å²) in [7, 11) is 1.62. The topological polar surface area (TPSA) is 75.2 Å². The van der Waals surface area contributed by atoms with Gasteiger partial charge < -0.3 is 15.4 Å². The molecule has 17 heavy (non-hydrogen) atoms. The lowest BCUT2D eigenvalue weighted by Crippen LogP contribution is -2.38. The first-order valence-corrected chi connectivity index (χ1v) is 5.79. The number of nitrogens with one attached hydrogen (secondary N) is 1. The van der Waals surface area contributed by atoms with Gasteiger partial charge in [0.1, 0.15) is 0 Å². The normalized spacial score (nSPS) is 16.9. The predicted molar refractivity (Wildman–Crippen MR) is 67.6 cm³/mol. The Hall–Kier alpha value is -1.78. The lowest BCUT2D eigenvalue weighted by molar-refractivity contribution is 0.397. The summed E-state index contributed by atoms with van der Waals surface area (Å²) in [6.45, 7) is 1.86. The van der Waals surface area contributed by atoms with Crippen molar-refractivity contribution >= 4 is 11.5 Å². The smallest absolute Gasteiger partial charge is 0.214 e. The van der Waals surface area contributed by atoms with Gasteiger partial charge in [-0.2, -0.15) is 0 Å². The van der Waals surface area contributed by atoms with Crippen LogP contribution in [0.15, 0.2) is 18.3 Å². The Labute approximate surface area is 101 Å². The molecule has 1 aromatic rings. The second kappa shape index (κ2) is 5.03. The second-order valence-corrected chi connectivity index (χ2v) is 4.27. The van der Waals surface area contributed by atoms with Crippen molar-refractivity contribution in [2.75, 3.05) is 25.1 Å². The average molecular weight is 234 g/mol. The quantitative estimate of drug-likeness (QED) is 0.609. The highest BCUT2D eigenvalue weighted by Gasteiger charge is 2.21. The molecular weight excluding hydrogens is 216 g/mol. The molecule has 92 valence electrons. The Morgan fingerprint density at radius 3 is 2.82 bits per heavy atom. The summed E-state index contributed by atoms with van der Waals surface area (Å²) >= 11 is 0. The van der Waals surface area contributed by atoms with Crippen LogP contribution in [0, 0.1) is 11.3 Å². The SMILES string of the molecule is COc1cc(N2CCC(C(=N)N)CC2)ccn1. The van der Waals surface area contributed by atoms with Crippen LogP contribution in [0.1, 0.15) is 12.8 Å². The van der Waals surface area contributed by atoms with Crippen molar-refractivity contribution in [1.29, 1.82) is 5.41 Å². The Morgan fingerprint density at radius 1 is 1.53 bits per heavy atom. The van der Waals surface area contributed by atoms with Gasteiger partial charge in [0.05, 0.1) is 12.9 Å². The zero-order valence-corrected chi connectivity index (χ0v) is 10.0. The zero-order chi connectivity index (χ0) is 12.3. The van der Waals surface area contributed by atoms with Gasteiger partial charge in [-0.1, -0.05) is 0 Å². The van der Waals surface area contributed by atoms with E-state index in [0.717, 1.165) is 31.6 Å². The van der Waals surface area contributed by atoms with E-state index >= 15 is 0 Å². The van der Waals surface area contributed by atoms with Gasteiger partial charge >= 0.3 is 0 Å². The van der Waals surface area contributed by atoms with Crippen molar-refractivity contribution in [2.24, 2.45) is 11.7 Å². The molecular formula is C12H18N4O. The molecule has 0 aliphatic carbocycles. The summed E-state index contributed by atoms with van der Waals surface area (Å²) < 4.78 is 5.11. The van der Waals surface area contributed by atoms with Gasteiger partial charge in [-0.3, -0.25) is 5.41 Å². The maximum absolute atomic E-state index is 7.45. The molecule has 5 heteroatoms. The van der Waals surface area contributed by atoms with Crippen LogP contribution in [-0.4, -0.2) is 31.0 Å². The number of pyridine rings is 1. The molecule has 0 atom stereocenters. The average Bonchev–Trinajstić information content (AvgIpc) is 2.39. The minimum Gasteiger partial charge on any atom is -0.481 e. The zero-order valence-electron chi connectivity index (χ0n) is 10.0. The summed E-state index contributed by atoms with van der Waals surface area (Å²) in [6.07, 6.45) is 3.64. The Bertz CT molecular complexity index is 399. The number of ether oxygens (including phenoxy) is 1. The van der Waals surface area contributed by atoms with Crippen LogP contribution in [0.4, 0.5) is 5.69 Å². The Kier molecular flexibility index (Phi) is 3.46. The number of piperidine rings is 1. The molecule has 2 heterocycles. The van der Waals surface area contributed by atoms with Crippen molar-refractivity contribution in [3.8, 4) is 5.88 Å². The van der Waals surface area contributed by atoms with E-state index in [9.17, 15) is 0 Å². The maximum Gasteiger partial charge on any atom is 0.214 e. The molecule has 1 aliphatic rings. The predicted octanol–water partition coefficient (Wildman–Crippen LogP) is 1.24. The van der Waals surface area contributed by atoms with Crippen molar-refractivity contribution in [1.82, 2.24) is 4.98 Å². The first kappa shape index (κ1) is 11.7. The summed E-state index contributed by atoms with van der Waals surface area (Å²) in [5.41, 5.74) is 6.66. The molecule has 3 N–H and O–H groups in total. The van der Waals surface area contributed by atoms with Crippen LogP contribution in [-0.2, 0) is 0 Å². The van der Waals surface area contributed by atoms with E-state index in [2.05, 4.69) is 9.88 Å². The molecule has 0 bridgehead atoms. The van der Waals surface area contributed by atoms with E-state index in [-0.39, 0.29) is 5.92 Å². The van der Waals surface area contributed by atoms with E-state index in [1.54, 1.807) is 13.3 Å². The number of nitrogens with zero attached hydrogens (tertiary/aromatic N) is 2. The van der Waals surface area contributed by atoms with Gasteiger partial charge in [0.25, 0.3) is 0 Å². The molecule has 0 unspecified atom stereocenters. The van der Waals surface area contributed by atoms with Gasteiger partial charge in [0.15, 0.2) is 0 Å². The van der Waals surface area contributed by atoms with Gasteiger partial charge in [-0.05, 0) is 18.9 Å². The summed E-state index contributed by atoms with van der Waals surface area (Å²) in [6, 6.07) is 3.92. The number of hydrogen-bond donors (Lipinski definition) is 2. The highest BCUT2D eigenvalue weighted by molar-refractivity contribution is 5.79. The summed E-state index contributed by atoms with van der Waals surface area (Å²) in [4.78, 5) is 6.37. The third-order valence-corrected chi connectivity index (χ3v) is 3.23. The van der Waals surface area contributed by atoms with E-state index < -0.39 is 0 Å². The van der Waals surface area contributed by atoms with Gasteiger partial charge in [0, 0.05) is 37.0 Å². The lowest BCUT2D eigenvalue weighted by atomic mass is 9.95. The third-order valence-electron chi connectivity index (χ3n) is 3.23. The number of amidine groups is 1. The Morgan fingerprint density at radius 2 is 2.24 bits per heavy atom. The maximum atomic E-state index is 7.45. The van der Waals surface area contributed by atoms with Crippen LogP contribution < -0.4 is 15.4 Å². The number of rotatable bonds is 3. The highest BCUT2D eigenvalue weighted by atomic mass is 16.5. The van der Waals surface area contributed by atoms with Crippen LogP contribution in [0.2, 0.25) is 0 Å². The molecule has 1 aromatic heterocycles. The van der Waals surface area contributed by atoms with Crippen LogP contribution in [0.25, 0.3) is 0 Å². The lowest BCUT2D eigenvalue weighted by Gasteiger charge is -2.33. The minimum atomic E-state index is 0.245. The van der Waals surface area contributed by atoms with Crippen molar-refractivity contribution < 1.29 is 4.74 Å². The second-order valence-electron chi connectivity index (χ2n) is 4.27. The van der Waals surface area contributed by atoms with Crippen molar-refractivity contribution in [3.05, 3.63) is 18.3 Å². The fourth-order valence-electron chi connectivity index (χ4n) is 2.16. The monoisotopic (exact) mass is 234 g/mol. The largest absolute Gasteiger partial charge is 0.481 e. The van der Waals surface area contributed by atoms with Crippen molar-refractivity contribution in [2.45, 2.75) is 12.8 Å². The first-order valence-electron chi connectivity index (χ1n) is 5.79. The first-order chi connectivity index (χ1) is 8.20. The van der Waals surface area contributed by atoms with E-state index in [1.807, 2.05) is 12.1 Å². The number of nitrogens with two attached hydrogens (primary N) is 1. The minimum absolute atomic E-state index is 0.245. The number of hydrogen-bond acceptors (Lipinski definition) is 4. The number of methoxy groups -OCH3 is 1. The van der Waals surface area contributed by atoms with E-state index in [4.69, 9.17) is 15.9 Å². The fourth-order valence-corrected chi connectivity index (χ4v) is 2.16. The van der Waals surface area contributed by atoms with E-state index in [1.165, 1.54) is 0 Å². The van der Waals surface area contributed by atoms with Crippen LogP contribution in [0.5, 0.6) is 5.88 Å². The molecule has 5 nitrogen and oxygen atoms in total. The standard InChI is InChI=1S/C12H18N4O/c1-17-11-8-10(2-5-15-11)16-6-3-9(4-7-16)12(13)14/h2,5,8-9H,3-4,6-7H2,1H3,(H3,13,14). The molecule has 0 amide bonds. The molecule has 1 saturated heterocycles. The van der Waals surface area contributed by atoms with Gasteiger partial charge in [-0.15, -0.1) is 0 Å². The molecule has 2 rings (SSSR count). The van der Waals surface area contributed by atoms with E-state index in [0.29, 0.717) is 11.7 Å². The van der Waals surface area contributed by atoms with Crippen LogP contribution >= 0.6 is 0 Å². The molecule has 0 aromatic carbocycles. The Balaban J connectivity index is 2.02. The molecule has 0 saturated carbocycles. The third kappa shape index (κ3) is 2.67. The molecule has 1 fully saturated rings. The molecule has 0 radical (unpaired) electrons. The number of anilines is 1. The number of aromatic nitrogens is 1. The van der Waals surface area contributed by atoms with Gasteiger partial charge in [0.2, 0.25) is 5.88 Å². The molecule has 0 spiro atoms. The van der Waals surface area contributed by atoms with Crippen molar-refractivity contribution in [3.63, 3.8) is 0 Å². The van der Waals surface area contributed by atoms with Gasteiger partial charge in [-0.25, -0.2) is 4.98 Å². The summed E-state index contributed by atoms with van der Waals surface area (Å²) in [5.74, 6) is 1.20. The fraction of sp³-hybridized carbons (Fsp3) is 0.500. The summed E-state index contributed by atoms with van der Waals surface area (Å²) in [5, 5.41) is 7.45. The molecule has 1 aliphatic heterocycles. The van der Waals surface area contributed by atoms with Crippen LogP contribution in [0.3, 0.4) is 0 Å².